The molecule has 94 valence electrons. The van der Waals surface area contributed by atoms with E-state index in [9.17, 15) is 14.7 Å². The molecule has 0 unspecified atom stereocenters. The van der Waals surface area contributed by atoms with Crippen molar-refractivity contribution in [3.8, 4) is 11.5 Å². The molecular formula is C12H11NO5. The van der Waals surface area contributed by atoms with Gasteiger partial charge in [-0.25, -0.2) is 4.79 Å². The number of nitrogens with one attached hydrogen (secondary N) is 1. The quantitative estimate of drug-likeness (QED) is 0.786. The summed E-state index contributed by atoms with van der Waals surface area (Å²) >= 11 is 0. The number of phenols is 1. The normalized spacial score (nSPS) is 10.3. The lowest BCUT2D eigenvalue weighted by Gasteiger charge is -2.07. The third kappa shape index (κ3) is 2.00. The number of ether oxygens (including phenoxy) is 1. The second-order valence-electron chi connectivity index (χ2n) is 3.67. The number of rotatable bonds is 2. The van der Waals surface area contributed by atoms with Gasteiger partial charge in [0.05, 0.1) is 7.11 Å². The monoisotopic (exact) mass is 249 g/mol. The van der Waals surface area contributed by atoms with E-state index < -0.39 is 5.63 Å². The number of aromatic hydroxyl groups is 1. The Labute approximate surface area is 102 Å². The molecule has 0 saturated carbocycles. The van der Waals surface area contributed by atoms with Gasteiger partial charge in [0, 0.05) is 12.3 Å². The van der Waals surface area contributed by atoms with Crippen molar-refractivity contribution in [3.05, 3.63) is 28.6 Å². The summed E-state index contributed by atoms with van der Waals surface area (Å²) in [5.74, 6) is -0.410. The Morgan fingerprint density at radius 1 is 1.44 bits per heavy atom. The number of amides is 1. The topological polar surface area (TPSA) is 88.8 Å². The van der Waals surface area contributed by atoms with E-state index in [0.717, 1.165) is 0 Å². The van der Waals surface area contributed by atoms with Crippen LogP contribution in [0.2, 0.25) is 0 Å². The van der Waals surface area contributed by atoms with Gasteiger partial charge in [0.1, 0.15) is 5.69 Å². The van der Waals surface area contributed by atoms with Gasteiger partial charge in [-0.1, -0.05) is 0 Å². The van der Waals surface area contributed by atoms with Gasteiger partial charge in [0.25, 0.3) is 0 Å². The summed E-state index contributed by atoms with van der Waals surface area (Å²) in [7, 11) is 1.36. The van der Waals surface area contributed by atoms with Crippen molar-refractivity contribution in [1.82, 2.24) is 0 Å². The summed E-state index contributed by atoms with van der Waals surface area (Å²) in [6, 6.07) is 4.44. The Bertz CT molecular complexity index is 674. The minimum Gasteiger partial charge on any atom is -0.504 e. The van der Waals surface area contributed by atoms with Crippen molar-refractivity contribution in [2.45, 2.75) is 6.92 Å². The van der Waals surface area contributed by atoms with Crippen LogP contribution in [0, 0.1) is 0 Å². The number of carbonyl (C=O) groups excluding carboxylic acids is 1. The van der Waals surface area contributed by atoms with Gasteiger partial charge < -0.3 is 19.6 Å². The summed E-state index contributed by atoms with van der Waals surface area (Å²) in [5.41, 5.74) is -0.527. The minimum atomic E-state index is -0.707. The molecule has 1 aromatic heterocycles. The molecule has 0 fully saturated rings. The molecule has 0 atom stereocenters. The summed E-state index contributed by atoms with van der Waals surface area (Å²) in [6.45, 7) is 1.29. The highest BCUT2D eigenvalue weighted by Crippen LogP contribution is 2.34. The Hall–Kier alpha value is -2.50. The maximum atomic E-state index is 11.6. The van der Waals surface area contributed by atoms with Gasteiger partial charge in [0.2, 0.25) is 11.7 Å². The second kappa shape index (κ2) is 4.40. The highest BCUT2D eigenvalue weighted by Gasteiger charge is 2.13. The second-order valence-corrected chi connectivity index (χ2v) is 3.67. The van der Waals surface area contributed by atoms with Gasteiger partial charge in [0.15, 0.2) is 11.3 Å². The van der Waals surface area contributed by atoms with Crippen molar-refractivity contribution >= 4 is 22.6 Å². The molecule has 6 heteroatoms. The molecule has 0 radical (unpaired) electrons. The fraction of sp³-hybridized carbons (Fsp3) is 0.167. The van der Waals surface area contributed by atoms with Crippen molar-refractivity contribution in [2.24, 2.45) is 0 Å². The molecule has 0 saturated heterocycles. The molecule has 6 nitrogen and oxygen atoms in total. The van der Waals surface area contributed by atoms with E-state index in [-0.39, 0.29) is 28.7 Å². The van der Waals surface area contributed by atoms with Crippen molar-refractivity contribution in [3.63, 3.8) is 0 Å². The average Bonchev–Trinajstić information content (AvgIpc) is 2.30. The van der Waals surface area contributed by atoms with Crippen LogP contribution in [0.15, 0.2) is 27.4 Å². The van der Waals surface area contributed by atoms with E-state index in [1.54, 1.807) is 6.07 Å². The molecule has 1 amide bonds. The fourth-order valence-electron chi connectivity index (χ4n) is 1.62. The molecule has 2 rings (SSSR count). The molecule has 1 heterocycles. The maximum Gasteiger partial charge on any atom is 0.360 e. The fourth-order valence-corrected chi connectivity index (χ4v) is 1.62. The van der Waals surface area contributed by atoms with Crippen LogP contribution in [-0.2, 0) is 4.79 Å². The standard InChI is InChI=1S/C12H11NO5/c1-6(14)13-8-5-7-3-4-9(15)11(17-2)10(7)18-12(8)16/h3-5,15H,1-2H3,(H,13,14). The molecule has 2 N–H and O–H groups in total. The lowest BCUT2D eigenvalue weighted by Crippen LogP contribution is -2.14. The minimum absolute atomic E-state index is 0.0442. The van der Waals surface area contributed by atoms with E-state index in [2.05, 4.69) is 5.32 Å². The van der Waals surface area contributed by atoms with E-state index in [4.69, 9.17) is 9.15 Å². The summed E-state index contributed by atoms with van der Waals surface area (Å²) in [6.07, 6.45) is 0. The SMILES string of the molecule is COc1c(O)ccc2cc(NC(C)=O)c(=O)oc12. The van der Waals surface area contributed by atoms with E-state index in [1.165, 1.54) is 26.2 Å². The molecule has 0 aliphatic carbocycles. The highest BCUT2D eigenvalue weighted by atomic mass is 16.5. The van der Waals surface area contributed by atoms with Crippen LogP contribution in [0.25, 0.3) is 11.0 Å². The van der Waals surface area contributed by atoms with Crippen LogP contribution in [0.3, 0.4) is 0 Å². The molecule has 0 aliphatic heterocycles. The third-order valence-electron chi connectivity index (χ3n) is 2.35. The molecule has 0 aliphatic rings. The first-order valence-electron chi connectivity index (χ1n) is 5.14. The predicted molar refractivity (Wildman–Crippen MR) is 65.0 cm³/mol. The first kappa shape index (κ1) is 12.0. The smallest absolute Gasteiger partial charge is 0.360 e. The first-order valence-corrected chi connectivity index (χ1v) is 5.14. The third-order valence-corrected chi connectivity index (χ3v) is 2.35. The Morgan fingerprint density at radius 2 is 2.17 bits per heavy atom. The molecule has 18 heavy (non-hydrogen) atoms. The summed E-state index contributed by atoms with van der Waals surface area (Å²) in [5, 5.41) is 12.5. The lowest BCUT2D eigenvalue weighted by atomic mass is 10.2. The number of carbonyl (C=O) groups is 1. The largest absolute Gasteiger partial charge is 0.504 e. The maximum absolute atomic E-state index is 11.6. The number of fused-ring (bicyclic) bond motifs is 1. The number of hydrogen-bond donors (Lipinski definition) is 2. The zero-order chi connectivity index (χ0) is 13.3. The van der Waals surface area contributed by atoms with Gasteiger partial charge in [-0.3, -0.25) is 4.79 Å². The molecule has 0 bridgehead atoms. The van der Waals surface area contributed by atoms with Crippen molar-refractivity contribution < 1.29 is 19.1 Å². The lowest BCUT2D eigenvalue weighted by molar-refractivity contribution is -0.114. The number of phenolic OH excluding ortho intramolecular Hbond substituents is 1. The van der Waals surface area contributed by atoms with E-state index in [1.807, 2.05) is 0 Å². The number of anilines is 1. The van der Waals surface area contributed by atoms with Crippen LogP contribution >= 0.6 is 0 Å². The van der Waals surface area contributed by atoms with Gasteiger partial charge >= 0.3 is 5.63 Å². The van der Waals surface area contributed by atoms with Crippen molar-refractivity contribution in [1.29, 1.82) is 0 Å². The summed E-state index contributed by atoms with van der Waals surface area (Å²) < 4.78 is 10.0. The number of benzene rings is 1. The Kier molecular flexibility index (Phi) is 2.93. The first-order chi connectivity index (χ1) is 8.52. The van der Waals surface area contributed by atoms with Crippen LogP contribution in [0.5, 0.6) is 11.5 Å². The highest BCUT2D eigenvalue weighted by molar-refractivity contribution is 5.92. The van der Waals surface area contributed by atoms with Gasteiger partial charge in [-0.05, 0) is 18.2 Å². The number of hydrogen-bond acceptors (Lipinski definition) is 5. The van der Waals surface area contributed by atoms with E-state index in [0.29, 0.717) is 5.39 Å². The van der Waals surface area contributed by atoms with Gasteiger partial charge in [-0.15, -0.1) is 0 Å². The molecule has 0 spiro atoms. The predicted octanol–water partition coefficient (Wildman–Crippen LogP) is 1.47. The molecular weight excluding hydrogens is 238 g/mol. The van der Waals surface area contributed by atoms with Crippen LogP contribution in [0.1, 0.15) is 6.92 Å². The Morgan fingerprint density at radius 3 is 2.78 bits per heavy atom. The molecule has 1 aromatic carbocycles. The Balaban J connectivity index is 2.71. The number of methoxy groups -OCH3 is 1. The van der Waals surface area contributed by atoms with Gasteiger partial charge in [-0.2, -0.15) is 0 Å². The van der Waals surface area contributed by atoms with Crippen LogP contribution in [0.4, 0.5) is 5.69 Å². The zero-order valence-electron chi connectivity index (χ0n) is 9.81. The summed E-state index contributed by atoms with van der Waals surface area (Å²) in [4.78, 5) is 22.6. The van der Waals surface area contributed by atoms with Crippen LogP contribution in [-0.4, -0.2) is 18.1 Å². The molecule has 2 aromatic rings. The van der Waals surface area contributed by atoms with Crippen LogP contribution < -0.4 is 15.7 Å². The van der Waals surface area contributed by atoms with Crippen molar-refractivity contribution in [2.75, 3.05) is 12.4 Å². The average molecular weight is 249 g/mol. The van der Waals surface area contributed by atoms with E-state index >= 15 is 0 Å². The zero-order valence-corrected chi connectivity index (χ0v) is 9.81.